The predicted octanol–water partition coefficient (Wildman–Crippen LogP) is 3.99. The fraction of sp³-hybridized carbons (Fsp3) is 0.312. The van der Waals surface area contributed by atoms with E-state index in [2.05, 4.69) is 25.8 Å². The number of aliphatic hydroxyl groups is 1. The topological polar surface area (TPSA) is 36.4 Å². The number of anilines is 1. The molecule has 0 bridgehead atoms. The van der Waals surface area contributed by atoms with Crippen molar-refractivity contribution in [1.82, 2.24) is 4.98 Å². The van der Waals surface area contributed by atoms with Gasteiger partial charge in [-0.2, -0.15) is 0 Å². The lowest BCUT2D eigenvalue weighted by molar-refractivity contribution is 0.0116. The number of nitrogens with zero attached hydrogens (tertiary/aromatic N) is 2. The van der Waals surface area contributed by atoms with Crippen molar-refractivity contribution in [3.05, 3.63) is 57.7 Å². The van der Waals surface area contributed by atoms with E-state index in [-0.39, 0.29) is 0 Å². The summed E-state index contributed by atoms with van der Waals surface area (Å²) in [6, 6.07) is 11.5. The Morgan fingerprint density at radius 3 is 2.33 bits per heavy atom. The van der Waals surface area contributed by atoms with Crippen LogP contribution >= 0.6 is 27.5 Å². The molecule has 1 aliphatic rings. The number of piperidine rings is 1. The molecule has 110 valence electrons. The zero-order chi connectivity index (χ0) is 14.9. The molecule has 0 saturated carbocycles. The molecule has 1 aliphatic heterocycles. The van der Waals surface area contributed by atoms with E-state index in [1.54, 1.807) is 6.20 Å². The van der Waals surface area contributed by atoms with Gasteiger partial charge in [0.2, 0.25) is 0 Å². The van der Waals surface area contributed by atoms with Gasteiger partial charge in [0.1, 0.15) is 5.82 Å². The van der Waals surface area contributed by atoms with Crippen LogP contribution in [0, 0.1) is 0 Å². The number of hydrogen-bond donors (Lipinski definition) is 1. The van der Waals surface area contributed by atoms with Crippen LogP contribution in [-0.2, 0) is 5.60 Å². The molecule has 1 N–H and O–H groups in total. The third-order valence-electron chi connectivity index (χ3n) is 4.01. The van der Waals surface area contributed by atoms with Crippen molar-refractivity contribution in [3.8, 4) is 0 Å². The minimum absolute atomic E-state index is 0.687. The largest absolute Gasteiger partial charge is 0.385 e. The SMILES string of the molecule is OC1(c2ccc(Cl)cc2)CCN(c2ccc(Br)cn2)CC1. The van der Waals surface area contributed by atoms with Gasteiger partial charge in [0.25, 0.3) is 0 Å². The van der Waals surface area contributed by atoms with Gasteiger partial charge in [-0.25, -0.2) is 4.98 Å². The van der Waals surface area contributed by atoms with Gasteiger partial charge < -0.3 is 10.0 Å². The molecule has 2 aromatic rings. The van der Waals surface area contributed by atoms with Crippen LogP contribution in [0.3, 0.4) is 0 Å². The third-order valence-corrected chi connectivity index (χ3v) is 4.73. The molecule has 0 amide bonds. The highest BCUT2D eigenvalue weighted by atomic mass is 79.9. The lowest BCUT2D eigenvalue weighted by Crippen LogP contribution is -2.42. The first-order valence-corrected chi connectivity index (χ1v) is 8.09. The van der Waals surface area contributed by atoms with Crippen molar-refractivity contribution in [3.63, 3.8) is 0 Å². The molecule has 0 radical (unpaired) electrons. The highest BCUT2D eigenvalue weighted by Gasteiger charge is 2.34. The van der Waals surface area contributed by atoms with Crippen LogP contribution < -0.4 is 4.90 Å². The Labute approximate surface area is 137 Å². The number of pyridine rings is 1. The first-order chi connectivity index (χ1) is 10.1. The highest BCUT2D eigenvalue weighted by molar-refractivity contribution is 9.10. The molecule has 0 unspecified atom stereocenters. The number of halogens is 2. The number of benzene rings is 1. The average molecular weight is 368 g/mol. The average Bonchev–Trinajstić information content (AvgIpc) is 2.50. The Hall–Kier alpha value is -1.10. The van der Waals surface area contributed by atoms with Gasteiger partial charge in [0.05, 0.1) is 5.60 Å². The molecule has 0 atom stereocenters. The van der Waals surface area contributed by atoms with Gasteiger partial charge in [-0.1, -0.05) is 23.7 Å². The Morgan fingerprint density at radius 2 is 1.76 bits per heavy atom. The van der Waals surface area contributed by atoms with Crippen molar-refractivity contribution < 1.29 is 5.11 Å². The molecular weight excluding hydrogens is 352 g/mol. The van der Waals surface area contributed by atoms with Crippen LogP contribution in [0.25, 0.3) is 0 Å². The van der Waals surface area contributed by atoms with Crippen LogP contribution in [0.2, 0.25) is 5.02 Å². The summed E-state index contributed by atoms with van der Waals surface area (Å²) >= 11 is 9.30. The lowest BCUT2D eigenvalue weighted by atomic mass is 9.84. The van der Waals surface area contributed by atoms with Crippen molar-refractivity contribution in [2.45, 2.75) is 18.4 Å². The normalized spacial score (nSPS) is 17.8. The molecule has 1 aromatic carbocycles. The van der Waals surface area contributed by atoms with E-state index in [0.717, 1.165) is 28.9 Å². The maximum absolute atomic E-state index is 10.8. The second kappa shape index (κ2) is 5.95. The molecule has 1 aromatic heterocycles. The number of rotatable bonds is 2. The maximum Gasteiger partial charge on any atom is 0.128 e. The predicted molar refractivity (Wildman–Crippen MR) is 88.7 cm³/mol. The minimum Gasteiger partial charge on any atom is -0.385 e. The second-order valence-corrected chi connectivity index (χ2v) is 6.71. The Bertz CT molecular complexity index is 607. The summed E-state index contributed by atoms with van der Waals surface area (Å²) in [7, 11) is 0. The Kier molecular flexibility index (Phi) is 4.20. The van der Waals surface area contributed by atoms with Crippen molar-refractivity contribution >= 4 is 33.3 Å². The van der Waals surface area contributed by atoms with Crippen LogP contribution in [0.5, 0.6) is 0 Å². The van der Waals surface area contributed by atoms with E-state index in [1.165, 1.54) is 0 Å². The molecule has 0 spiro atoms. The third kappa shape index (κ3) is 3.23. The van der Waals surface area contributed by atoms with Gasteiger partial charge in [-0.05, 0) is 58.6 Å². The van der Waals surface area contributed by atoms with Gasteiger partial charge in [0, 0.05) is 28.8 Å². The van der Waals surface area contributed by atoms with Crippen LogP contribution in [-0.4, -0.2) is 23.2 Å². The monoisotopic (exact) mass is 366 g/mol. The summed E-state index contributed by atoms with van der Waals surface area (Å²) in [5.41, 5.74) is 0.173. The summed E-state index contributed by atoms with van der Waals surface area (Å²) in [4.78, 5) is 6.62. The molecule has 5 heteroatoms. The summed E-state index contributed by atoms with van der Waals surface area (Å²) in [5, 5.41) is 11.5. The molecule has 2 heterocycles. The van der Waals surface area contributed by atoms with Gasteiger partial charge in [0.15, 0.2) is 0 Å². The molecule has 3 rings (SSSR count). The second-order valence-electron chi connectivity index (χ2n) is 5.36. The molecule has 3 nitrogen and oxygen atoms in total. The smallest absolute Gasteiger partial charge is 0.128 e. The molecule has 1 fully saturated rings. The van der Waals surface area contributed by atoms with Crippen LogP contribution in [0.4, 0.5) is 5.82 Å². The molecular formula is C16H16BrClN2O. The van der Waals surface area contributed by atoms with Gasteiger partial charge in [-0.3, -0.25) is 0 Å². The van der Waals surface area contributed by atoms with Crippen LogP contribution in [0.15, 0.2) is 47.1 Å². The van der Waals surface area contributed by atoms with E-state index in [1.807, 2.05) is 36.4 Å². The first-order valence-electron chi connectivity index (χ1n) is 6.92. The summed E-state index contributed by atoms with van der Waals surface area (Å²) in [6.07, 6.45) is 3.17. The van der Waals surface area contributed by atoms with Gasteiger partial charge >= 0.3 is 0 Å². The standard InChI is InChI=1S/C16H16BrClN2O/c17-13-3-6-15(19-11-13)20-9-7-16(21,8-10-20)12-1-4-14(18)5-2-12/h1-6,11,21H,7-10H2. The number of aromatic nitrogens is 1. The zero-order valence-electron chi connectivity index (χ0n) is 11.5. The zero-order valence-corrected chi connectivity index (χ0v) is 13.8. The van der Waals surface area contributed by atoms with E-state index in [4.69, 9.17) is 11.6 Å². The minimum atomic E-state index is -0.767. The van der Waals surface area contributed by atoms with E-state index in [0.29, 0.717) is 17.9 Å². The molecule has 0 aliphatic carbocycles. The van der Waals surface area contributed by atoms with Crippen molar-refractivity contribution in [1.29, 1.82) is 0 Å². The quantitative estimate of drug-likeness (QED) is 0.872. The number of hydrogen-bond acceptors (Lipinski definition) is 3. The fourth-order valence-electron chi connectivity index (χ4n) is 2.71. The van der Waals surface area contributed by atoms with E-state index < -0.39 is 5.60 Å². The van der Waals surface area contributed by atoms with E-state index in [9.17, 15) is 5.11 Å². The highest BCUT2D eigenvalue weighted by Crippen LogP contribution is 2.34. The van der Waals surface area contributed by atoms with E-state index >= 15 is 0 Å². The fourth-order valence-corrected chi connectivity index (χ4v) is 3.07. The van der Waals surface area contributed by atoms with Crippen molar-refractivity contribution in [2.24, 2.45) is 0 Å². The molecule has 21 heavy (non-hydrogen) atoms. The molecule has 1 saturated heterocycles. The summed E-state index contributed by atoms with van der Waals surface area (Å²) in [6.45, 7) is 1.57. The first kappa shape index (κ1) is 14.8. The van der Waals surface area contributed by atoms with Crippen LogP contribution in [0.1, 0.15) is 18.4 Å². The van der Waals surface area contributed by atoms with Gasteiger partial charge in [-0.15, -0.1) is 0 Å². The summed E-state index contributed by atoms with van der Waals surface area (Å²) in [5.74, 6) is 0.955. The van der Waals surface area contributed by atoms with Crippen molar-refractivity contribution in [2.75, 3.05) is 18.0 Å². The Balaban J connectivity index is 1.72. The Morgan fingerprint density at radius 1 is 1.10 bits per heavy atom. The summed E-state index contributed by atoms with van der Waals surface area (Å²) < 4.78 is 0.973. The maximum atomic E-state index is 10.8. The lowest BCUT2D eigenvalue weighted by Gasteiger charge is -2.39.